The highest BCUT2D eigenvalue weighted by Gasteiger charge is 2.14. The minimum atomic E-state index is -0.432. The minimum Gasteiger partial charge on any atom is -0.465 e. The molecule has 0 amide bonds. The third kappa shape index (κ3) is 3.53. The van der Waals surface area contributed by atoms with Crippen LogP contribution in [0, 0.1) is 6.92 Å². The lowest BCUT2D eigenvalue weighted by molar-refractivity contribution is 0.0602. The Hall–Kier alpha value is -2.50. The van der Waals surface area contributed by atoms with Gasteiger partial charge in [-0.2, -0.15) is 5.10 Å². The van der Waals surface area contributed by atoms with Gasteiger partial charge in [0.2, 0.25) is 0 Å². The number of rotatable bonds is 5. The zero-order chi connectivity index (χ0) is 15.4. The molecule has 0 aliphatic rings. The molecule has 6 nitrogen and oxygen atoms in total. The summed E-state index contributed by atoms with van der Waals surface area (Å²) in [5.74, 6) is -0.432. The summed E-state index contributed by atoms with van der Waals surface area (Å²) in [4.78, 5) is 11.7. The molecule has 0 aliphatic carbocycles. The van der Waals surface area contributed by atoms with E-state index < -0.39 is 5.97 Å². The van der Waals surface area contributed by atoms with Gasteiger partial charge in [-0.1, -0.05) is 0 Å². The average Bonchev–Trinajstić information content (AvgIpc) is 2.94. The van der Waals surface area contributed by atoms with Crippen LogP contribution in [0.5, 0.6) is 0 Å². The standard InChI is InChI=1S/C15H20N4O2/c1-10-7-12(8-13(14(10)16)15(20)21-3)18-11(2)9-19-6-4-5-17-19/h4-8,11,18H,9,16H2,1-3H3. The molecule has 1 atom stereocenters. The van der Waals surface area contributed by atoms with Crippen molar-refractivity contribution in [2.45, 2.75) is 26.4 Å². The molecule has 2 aromatic rings. The highest BCUT2D eigenvalue weighted by molar-refractivity contribution is 5.97. The van der Waals surface area contributed by atoms with Gasteiger partial charge < -0.3 is 15.8 Å². The molecule has 0 spiro atoms. The molecule has 0 saturated carbocycles. The third-order valence-electron chi connectivity index (χ3n) is 3.23. The van der Waals surface area contributed by atoms with E-state index in [1.807, 2.05) is 36.9 Å². The number of hydrogen-bond acceptors (Lipinski definition) is 5. The fourth-order valence-corrected chi connectivity index (χ4v) is 2.18. The molecule has 6 heteroatoms. The molecular weight excluding hydrogens is 268 g/mol. The zero-order valence-corrected chi connectivity index (χ0v) is 12.5. The van der Waals surface area contributed by atoms with Crippen LogP contribution in [0.1, 0.15) is 22.8 Å². The van der Waals surface area contributed by atoms with Crippen molar-refractivity contribution in [1.29, 1.82) is 0 Å². The second-order valence-corrected chi connectivity index (χ2v) is 5.02. The Labute approximate surface area is 123 Å². The van der Waals surface area contributed by atoms with Gasteiger partial charge in [-0.05, 0) is 37.6 Å². The second kappa shape index (κ2) is 6.30. The van der Waals surface area contributed by atoms with E-state index in [1.54, 1.807) is 12.3 Å². The largest absolute Gasteiger partial charge is 0.465 e. The van der Waals surface area contributed by atoms with Crippen LogP contribution in [-0.4, -0.2) is 28.9 Å². The Balaban J connectivity index is 2.16. The quantitative estimate of drug-likeness (QED) is 0.650. The van der Waals surface area contributed by atoms with Crippen LogP contribution in [0.3, 0.4) is 0 Å². The number of nitrogen functional groups attached to an aromatic ring is 1. The predicted molar refractivity (Wildman–Crippen MR) is 82.2 cm³/mol. The lowest BCUT2D eigenvalue weighted by Gasteiger charge is -2.17. The van der Waals surface area contributed by atoms with Crippen LogP contribution in [0.2, 0.25) is 0 Å². The number of ether oxygens (including phenoxy) is 1. The molecule has 0 saturated heterocycles. The van der Waals surface area contributed by atoms with Crippen molar-refractivity contribution >= 4 is 17.3 Å². The SMILES string of the molecule is COC(=O)c1cc(NC(C)Cn2cccn2)cc(C)c1N. The average molecular weight is 288 g/mol. The number of nitrogens with one attached hydrogen (secondary N) is 1. The number of nitrogens with zero attached hydrogens (tertiary/aromatic N) is 2. The van der Waals surface area contributed by atoms with E-state index >= 15 is 0 Å². The molecule has 0 aliphatic heterocycles. The lowest BCUT2D eigenvalue weighted by Crippen LogP contribution is -2.22. The zero-order valence-electron chi connectivity index (χ0n) is 12.5. The van der Waals surface area contributed by atoms with Crippen molar-refractivity contribution in [1.82, 2.24) is 9.78 Å². The molecule has 1 aromatic heterocycles. The number of esters is 1. The summed E-state index contributed by atoms with van der Waals surface area (Å²) < 4.78 is 6.61. The third-order valence-corrected chi connectivity index (χ3v) is 3.23. The Bertz CT molecular complexity index is 623. The smallest absolute Gasteiger partial charge is 0.340 e. The Morgan fingerprint density at radius 3 is 2.90 bits per heavy atom. The summed E-state index contributed by atoms with van der Waals surface area (Å²) in [6.07, 6.45) is 3.65. The molecule has 1 unspecified atom stereocenters. The molecule has 1 heterocycles. The highest BCUT2D eigenvalue weighted by atomic mass is 16.5. The van der Waals surface area contributed by atoms with E-state index in [9.17, 15) is 4.79 Å². The molecule has 112 valence electrons. The molecule has 21 heavy (non-hydrogen) atoms. The van der Waals surface area contributed by atoms with E-state index in [4.69, 9.17) is 10.5 Å². The minimum absolute atomic E-state index is 0.151. The summed E-state index contributed by atoms with van der Waals surface area (Å²) in [7, 11) is 1.34. The first-order valence-corrected chi connectivity index (χ1v) is 6.73. The van der Waals surface area contributed by atoms with Crippen LogP contribution < -0.4 is 11.1 Å². The Morgan fingerprint density at radius 1 is 1.52 bits per heavy atom. The first-order valence-electron chi connectivity index (χ1n) is 6.73. The number of carbonyl (C=O) groups excluding carboxylic acids is 1. The first-order chi connectivity index (χ1) is 10.0. The van der Waals surface area contributed by atoms with E-state index in [2.05, 4.69) is 10.4 Å². The molecule has 2 rings (SSSR count). The predicted octanol–water partition coefficient (Wildman–Crippen LogP) is 2.06. The number of hydrogen-bond donors (Lipinski definition) is 2. The van der Waals surface area contributed by atoms with Crippen molar-refractivity contribution in [3.05, 3.63) is 41.7 Å². The number of anilines is 2. The number of methoxy groups -OCH3 is 1. The number of benzene rings is 1. The summed E-state index contributed by atoms with van der Waals surface area (Å²) in [5.41, 5.74) is 8.43. The van der Waals surface area contributed by atoms with Crippen molar-refractivity contribution < 1.29 is 9.53 Å². The summed E-state index contributed by atoms with van der Waals surface area (Å²) >= 11 is 0. The topological polar surface area (TPSA) is 82.2 Å². The molecule has 0 bridgehead atoms. The molecule has 1 aromatic carbocycles. The number of aromatic nitrogens is 2. The van der Waals surface area contributed by atoms with Crippen LogP contribution in [0.4, 0.5) is 11.4 Å². The van der Waals surface area contributed by atoms with Gasteiger partial charge >= 0.3 is 5.97 Å². The van der Waals surface area contributed by atoms with Crippen LogP contribution in [0.25, 0.3) is 0 Å². The lowest BCUT2D eigenvalue weighted by atomic mass is 10.1. The van der Waals surface area contributed by atoms with Gasteiger partial charge in [-0.15, -0.1) is 0 Å². The number of carbonyl (C=O) groups is 1. The van der Waals surface area contributed by atoms with E-state index in [1.165, 1.54) is 7.11 Å². The van der Waals surface area contributed by atoms with Gasteiger partial charge in [0.1, 0.15) is 0 Å². The Morgan fingerprint density at radius 2 is 2.29 bits per heavy atom. The Kier molecular flexibility index (Phi) is 4.47. The van der Waals surface area contributed by atoms with Crippen LogP contribution >= 0.6 is 0 Å². The molecule has 0 radical (unpaired) electrons. The molecule has 0 fully saturated rings. The summed E-state index contributed by atoms with van der Waals surface area (Å²) in [6.45, 7) is 4.64. The summed E-state index contributed by atoms with van der Waals surface area (Å²) in [6, 6.07) is 5.67. The van der Waals surface area contributed by atoms with Crippen LogP contribution in [0.15, 0.2) is 30.6 Å². The molecule has 3 N–H and O–H groups in total. The maximum atomic E-state index is 11.7. The van der Waals surface area contributed by atoms with Crippen molar-refractivity contribution in [2.24, 2.45) is 0 Å². The van der Waals surface area contributed by atoms with E-state index in [-0.39, 0.29) is 6.04 Å². The summed E-state index contributed by atoms with van der Waals surface area (Å²) in [5, 5.41) is 7.51. The van der Waals surface area contributed by atoms with Gasteiger partial charge in [-0.25, -0.2) is 4.79 Å². The van der Waals surface area contributed by atoms with Crippen LogP contribution in [-0.2, 0) is 11.3 Å². The van der Waals surface area contributed by atoms with Gasteiger partial charge in [0, 0.05) is 29.8 Å². The first kappa shape index (κ1) is 14.9. The number of aryl methyl sites for hydroxylation is 1. The fourth-order valence-electron chi connectivity index (χ4n) is 2.18. The normalized spacial score (nSPS) is 12.0. The van der Waals surface area contributed by atoms with Crippen molar-refractivity contribution in [3.63, 3.8) is 0 Å². The monoisotopic (exact) mass is 288 g/mol. The maximum Gasteiger partial charge on any atom is 0.340 e. The number of nitrogens with two attached hydrogens (primary N) is 1. The van der Waals surface area contributed by atoms with Gasteiger partial charge in [0.05, 0.1) is 19.2 Å². The molecular formula is C15H20N4O2. The van der Waals surface area contributed by atoms with Crippen molar-refractivity contribution in [2.75, 3.05) is 18.2 Å². The van der Waals surface area contributed by atoms with E-state index in [0.717, 1.165) is 17.8 Å². The van der Waals surface area contributed by atoms with Gasteiger partial charge in [0.25, 0.3) is 0 Å². The van der Waals surface area contributed by atoms with Crippen molar-refractivity contribution in [3.8, 4) is 0 Å². The van der Waals surface area contributed by atoms with Gasteiger partial charge in [0.15, 0.2) is 0 Å². The maximum absolute atomic E-state index is 11.7. The highest BCUT2D eigenvalue weighted by Crippen LogP contribution is 2.24. The van der Waals surface area contributed by atoms with E-state index in [0.29, 0.717) is 11.3 Å². The van der Waals surface area contributed by atoms with Gasteiger partial charge in [-0.3, -0.25) is 4.68 Å². The fraction of sp³-hybridized carbons (Fsp3) is 0.333. The second-order valence-electron chi connectivity index (χ2n) is 5.02.